The molecule has 156 valence electrons. The third-order valence-electron chi connectivity index (χ3n) is 5.08. The Morgan fingerprint density at radius 2 is 1.73 bits per heavy atom. The highest BCUT2D eigenvalue weighted by atomic mass is 19.3. The molecule has 0 amide bonds. The smallest absolute Gasteiger partial charge is 0.346 e. The van der Waals surface area contributed by atoms with Crippen LogP contribution in [0.5, 0.6) is 11.5 Å². The Morgan fingerprint density at radius 3 is 2.37 bits per heavy atom. The summed E-state index contributed by atoms with van der Waals surface area (Å²) in [4.78, 5) is 15.2. The normalized spacial score (nSPS) is 24.8. The van der Waals surface area contributed by atoms with Crippen molar-refractivity contribution in [3.05, 3.63) is 64.3 Å². The van der Waals surface area contributed by atoms with E-state index in [-0.39, 0.29) is 5.69 Å². The third-order valence-corrected chi connectivity index (χ3v) is 5.08. The van der Waals surface area contributed by atoms with Gasteiger partial charge < -0.3 is 9.84 Å². The van der Waals surface area contributed by atoms with Crippen molar-refractivity contribution in [2.24, 2.45) is 0 Å². The third kappa shape index (κ3) is 2.34. The van der Waals surface area contributed by atoms with Crippen molar-refractivity contribution in [3.8, 4) is 11.5 Å². The minimum Gasteiger partial charge on any atom is -0.458 e. The zero-order valence-corrected chi connectivity index (χ0v) is 14.5. The van der Waals surface area contributed by atoms with Crippen molar-refractivity contribution in [3.63, 3.8) is 0 Å². The molecule has 2 aliphatic rings. The van der Waals surface area contributed by atoms with Crippen LogP contribution in [0.15, 0.2) is 30.3 Å². The second kappa shape index (κ2) is 5.72. The molecule has 1 unspecified atom stereocenters. The number of benzene rings is 2. The van der Waals surface area contributed by atoms with Crippen LogP contribution >= 0.6 is 0 Å². The molecule has 0 saturated carbocycles. The van der Waals surface area contributed by atoms with Crippen molar-refractivity contribution in [2.75, 3.05) is 0 Å². The molecule has 4 nitrogen and oxygen atoms in total. The summed E-state index contributed by atoms with van der Waals surface area (Å²) in [6, 6.07) is 3.47. The summed E-state index contributed by atoms with van der Waals surface area (Å²) in [7, 11) is 0. The average molecular weight is 431 g/mol. The van der Waals surface area contributed by atoms with E-state index in [0.29, 0.717) is 18.2 Å². The molecule has 0 radical (unpaired) electrons. The molecule has 1 atom stereocenters. The van der Waals surface area contributed by atoms with Gasteiger partial charge in [-0.25, -0.2) is 9.24 Å². The number of halogens is 7. The van der Waals surface area contributed by atoms with Gasteiger partial charge in [-0.05, 0) is 24.3 Å². The van der Waals surface area contributed by atoms with Gasteiger partial charge in [-0.3, -0.25) is 4.79 Å². The average Bonchev–Trinajstić information content (AvgIpc) is 2.75. The Hall–Kier alpha value is -3.13. The van der Waals surface area contributed by atoms with Crippen LogP contribution in [-0.4, -0.2) is 22.7 Å². The predicted octanol–water partition coefficient (Wildman–Crippen LogP) is 5.32. The van der Waals surface area contributed by atoms with E-state index < -0.39 is 69.6 Å². The van der Waals surface area contributed by atoms with Crippen LogP contribution < -0.4 is 4.74 Å². The molecule has 0 saturated heterocycles. The fourth-order valence-electron chi connectivity index (χ4n) is 3.75. The molecule has 0 bridgehead atoms. The molecule has 2 aromatic rings. The van der Waals surface area contributed by atoms with E-state index in [4.69, 9.17) is 11.3 Å². The summed E-state index contributed by atoms with van der Waals surface area (Å²) in [5, 5.41) is 10.3. The van der Waals surface area contributed by atoms with Crippen LogP contribution in [0.4, 0.5) is 36.4 Å². The maximum absolute atomic E-state index is 14.4. The van der Waals surface area contributed by atoms with Crippen molar-refractivity contribution >= 4 is 11.5 Å². The number of carbonyl (C=O) groups excluding carboxylic acids is 1. The van der Waals surface area contributed by atoms with Gasteiger partial charge in [-0.2, -0.15) is 26.3 Å². The Labute approximate surface area is 163 Å². The van der Waals surface area contributed by atoms with Gasteiger partial charge in [0.2, 0.25) is 5.78 Å². The number of ketones is 1. The van der Waals surface area contributed by atoms with Gasteiger partial charge in [0.1, 0.15) is 17.3 Å². The summed E-state index contributed by atoms with van der Waals surface area (Å²) in [5.74, 6) is -19.4. The van der Waals surface area contributed by atoms with Gasteiger partial charge in [0.05, 0.1) is 18.6 Å². The number of aliphatic hydroxyl groups is 1. The van der Waals surface area contributed by atoms with Crippen LogP contribution in [-0.2, 0) is 11.5 Å². The van der Waals surface area contributed by atoms with Gasteiger partial charge in [0.25, 0.3) is 0 Å². The van der Waals surface area contributed by atoms with E-state index in [0.717, 1.165) is 12.1 Å². The number of rotatable bonds is 2. The molecule has 4 rings (SSSR count). The number of hydrogen-bond donors (Lipinski definition) is 1. The van der Waals surface area contributed by atoms with E-state index >= 15 is 0 Å². The molecule has 2 aliphatic carbocycles. The summed E-state index contributed by atoms with van der Waals surface area (Å²) in [5.41, 5.74) is -8.50. The maximum atomic E-state index is 14.4. The summed E-state index contributed by atoms with van der Waals surface area (Å²) in [6.45, 7) is 6.88. The summed E-state index contributed by atoms with van der Waals surface area (Å²) >= 11 is 0. The monoisotopic (exact) mass is 431 g/mol. The fourth-order valence-corrected chi connectivity index (χ4v) is 3.75. The number of ether oxygens (including phenoxy) is 1. The Kier molecular flexibility index (Phi) is 3.85. The number of Topliss-reactive ketones (excluding diaryl/α,β-unsaturated/α-hetero) is 1. The SMILES string of the molecule is [C-]#[N+]c1cc(F)cc(Oc2ccc3c4c2C(=O)C(F)(F)CC4(O)C(F)(F)C3(F)F)c1. The first kappa shape index (κ1) is 20.2. The Morgan fingerprint density at radius 1 is 1.07 bits per heavy atom. The highest BCUT2D eigenvalue weighted by molar-refractivity contribution is 6.07. The molecule has 0 aliphatic heterocycles. The molecular weight excluding hydrogens is 423 g/mol. The minimum absolute atomic E-state index is 0.272. The van der Waals surface area contributed by atoms with E-state index in [2.05, 4.69) is 4.85 Å². The zero-order chi connectivity index (χ0) is 22.3. The highest BCUT2D eigenvalue weighted by Gasteiger charge is 2.80. The second-order valence-electron chi connectivity index (χ2n) is 6.94. The first-order valence-corrected chi connectivity index (χ1v) is 8.21. The highest BCUT2D eigenvalue weighted by Crippen LogP contribution is 2.66. The predicted molar refractivity (Wildman–Crippen MR) is 85.8 cm³/mol. The van der Waals surface area contributed by atoms with Crippen LogP contribution in [0.3, 0.4) is 0 Å². The van der Waals surface area contributed by atoms with Crippen LogP contribution in [0, 0.1) is 12.4 Å². The molecule has 0 heterocycles. The second-order valence-corrected chi connectivity index (χ2v) is 6.94. The number of nitrogens with zero attached hydrogens (tertiary/aromatic N) is 1. The van der Waals surface area contributed by atoms with E-state index in [1.807, 2.05) is 0 Å². The first-order chi connectivity index (χ1) is 13.8. The first-order valence-electron chi connectivity index (χ1n) is 8.21. The molecule has 1 N–H and O–H groups in total. The molecule has 11 heteroatoms. The van der Waals surface area contributed by atoms with E-state index in [1.165, 1.54) is 0 Å². The number of carbonyl (C=O) groups is 1. The van der Waals surface area contributed by atoms with Crippen LogP contribution in [0.1, 0.15) is 27.9 Å². The van der Waals surface area contributed by atoms with Gasteiger partial charge in [0, 0.05) is 17.2 Å². The zero-order valence-electron chi connectivity index (χ0n) is 14.5. The quantitative estimate of drug-likeness (QED) is 0.518. The van der Waals surface area contributed by atoms with Crippen LogP contribution in [0.25, 0.3) is 4.85 Å². The van der Waals surface area contributed by atoms with E-state index in [9.17, 15) is 40.6 Å². The Balaban J connectivity index is 1.99. The van der Waals surface area contributed by atoms with Crippen molar-refractivity contribution in [1.82, 2.24) is 0 Å². The number of hydrogen-bond acceptors (Lipinski definition) is 3. The molecule has 0 aromatic heterocycles. The molecular formula is C19H8F7NO3. The number of alkyl halides is 6. The standard InChI is InChI=1S/C19H8F7NO3/c1-27-9-4-8(20)5-10(6-9)30-12-3-2-11-14-13(12)15(28)17(21,22)7-16(14,29)19(25,26)18(11,23)24/h2-6,29H,7H2. The minimum atomic E-state index is -5.34. The van der Waals surface area contributed by atoms with Crippen molar-refractivity contribution in [1.29, 1.82) is 0 Å². The lowest BCUT2D eigenvalue weighted by atomic mass is 9.76. The fraction of sp³-hybridized carbons (Fsp3) is 0.263. The van der Waals surface area contributed by atoms with E-state index in [1.54, 1.807) is 0 Å². The van der Waals surface area contributed by atoms with Gasteiger partial charge in [-0.15, -0.1) is 0 Å². The van der Waals surface area contributed by atoms with Gasteiger partial charge in [0.15, 0.2) is 11.3 Å². The van der Waals surface area contributed by atoms with Crippen LogP contribution in [0.2, 0.25) is 0 Å². The molecule has 0 spiro atoms. The topological polar surface area (TPSA) is 50.9 Å². The lowest BCUT2D eigenvalue weighted by molar-refractivity contribution is -0.297. The van der Waals surface area contributed by atoms with Crippen molar-refractivity contribution in [2.45, 2.75) is 29.8 Å². The van der Waals surface area contributed by atoms with Crippen molar-refractivity contribution < 1.29 is 45.4 Å². The Bertz CT molecular complexity index is 1160. The van der Waals surface area contributed by atoms with Gasteiger partial charge in [-0.1, -0.05) is 0 Å². The summed E-state index contributed by atoms with van der Waals surface area (Å²) < 4.78 is 105. The lowest BCUT2D eigenvalue weighted by Gasteiger charge is -2.38. The maximum Gasteiger partial charge on any atom is 0.346 e. The largest absolute Gasteiger partial charge is 0.458 e. The molecule has 0 fully saturated rings. The molecule has 2 aromatic carbocycles. The lowest BCUT2D eigenvalue weighted by Crippen LogP contribution is -2.55. The molecule has 30 heavy (non-hydrogen) atoms. The summed E-state index contributed by atoms with van der Waals surface area (Å²) in [6.07, 6.45) is -2.24. The van der Waals surface area contributed by atoms with Gasteiger partial charge >= 0.3 is 17.8 Å².